The molecule has 0 atom stereocenters. The van der Waals surface area contributed by atoms with Crippen LogP contribution in [0.3, 0.4) is 0 Å². The molecule has 0 amide bonds. The Labute approximate surface area is 151 Å². The van der Waals surface area contributed by atoms with Crippen LogP contribution in [0.2, 0.25) is 0 Å². The van der Waals surface area contributed by atoms with Crippen LogP contribution in [0.4, 0.5) is 11.5 Å². The molecule has 1 aromatic carbocycles. The highest BCUT2D eigenvalue weighted by Gasteiger charge is 2.17. The number of rotatable bonds is 6. The van der Waals surface area contributed by atoms with Crippen LogP contribution in [0.1, 0.15) is 22.8 Å². The number of aryl methyl sites for hydroxylation is 1. The van der Waals surface area contributed by atoms with Crippen molar-refractivity contribution in [1.29, 1.82) is 0 Å². The van der Waals surface area contributed by atoms with E-state index in [0.717, 1.165) is 11.3 Å². The van der Waals surface area contributed by atoms with Gasteiger partial charge in [0.15, 0.2) is 5.16 Å². The van der Waals surface area contributed by atoms with Crippen molar-refractivity contribution in [1.82, 2.24) is 9.97 Å². The second-order valence-corrected chi connectivity index (χ2v) is 5.44. The first-order valence-corrected chi connectivity index (χ1v) is 8.31. The fourth-order valence-corrected chi connectivity index (χ4v) is 2.31. The number of carbonyl (C=O) groups is 1. The first kappa shape index (κ1) is 20.1. The monoisotopic (exact) mass is 369 g/mol. The number of aromatic nitrogens is 2. The Balaban J connectivity index is 0.00000288. The molecule has 0 radical (unpaired) electrons. The Morgan fingerprint density at radius 1 is 1.38 bits per heavy atom. The molecule has 8 heteroatoms. The first-order chi connectivity index (χ1) is 11.1. The van der Waals surface area contributed by atoms with Crippen LogP contribution in [-0.2, 0) is 4.74 Å². The predicted octanol–water partition coefficient (Wildman–Crippen LogP) is 3.86. The molecular formula is C16H20ClN3O3S. The summed E-state index contributed by atoms with van der Waals surface area (Å²) < 4.78 is 10.4. The van der Waals surface area contributed by atoms with Crippen LogP contribution < -0.4 is 10.1 Å². The molecule has 0 bridgehead atoms. The molecule has 130 valence electrons. The largest absolute Gasteiger partial charge is 0.495 e. The number of halogens is 1. The molecule has 1 heterocycles. The zero-order chi connectivity index (χ0) is 16.8. The average molecular weight is 370 g/mol. The summed E-state index contributed by atoms with van der Waals surface area (Å²) in [6, 6.07) is 5.73. The smallest absolute Gasteiger partial charge is 0.343 e. The third kappa shape index (κ3) is 4.75. The topological polar surface area (TPSA) is 73.3 Å². The molecule has 6 nitrogen and oxygen atoms in total. The van der Waals surface area contributed by atoms with E-state index in [1.807, 2.05) is 31.4 Å². The molecule has 0 aliphatic heterocycles. The van der Waals surface area contributed by atoms with Crippen molar-refractivity contribution in [3.8, 4) is 5.75 Å². The van der Waals surface area contributed by atoms with Gasteiger partial charge in [0, 0.05) is 6.20 Å². The van der Waals surface area contributed by atoms with E-state index in [1.54, 1.807) is 14.0 Å². The maximum Gasteiger partial charge on any atom is 0.343 e. The SMILES string of the molecule is CCOC(=O)c1cnc(SC)nc1Nc1cc(C)ccc1OC.Cl. The van der Waals surface area contributed by atoms with Gasteiger partial charge in [-0.3, -0.25) is 0 Å². The van der Waals surface area contributed by atoms with Gasteiger partial charge >= 0.3 is 5.97 Å². The Morgan fingerprint density at radius 2 is 2.12 bits per heavy atom. The van der Waals surface area contributed by atoms with E-state index in [1.165, 1.54) is 18.0 Å². The van der Waals surface area contributed by atoms with Crippen LogP contribution in [0.15, 0.2) is 29.6 Å². The average Bonchev–Trinajstić information content (AvgIpc) is 2.55. The summed E-state index contributed by atoms with van der Waals surface area (Å²) in [5.41, 5.74) is 2.07. The summed E-state index contributed by atoms with van der Waals surface area (Å²) in [5, 5.41) is 3.72. The van der Waals surface area contributed by atoms with E-state index in [9.17, 15) is 4.79 Å². The van der Waals surface area contributed by atoms with Crippen LogP contribution in [0.25, 0.3) is 0 Å². The Kier molecular flexibility index (Phi) is 7.81. The molecule has 24 heavy (non-hydrogen) atoms. The summed E-state index contributed by atoms with van der Waals surface area (Å²) in [7, 11) is 1.59. The minimum absolute atomic E-state index is 0. The molecule has 0 aliphatic carbocycles. The molecule has 0 unspecified atom stereocenters. The highest BCUT2D eigenvalue weighted by Crippen LogP contribution is 2.30. The third-order valence-corrected chi connectivity index (χ3v) is 3.61. The summed E-state index contributed by atoms with van der Waals surface area (Å²) in [4.78, 5) is 20.6. The van der Waals surface area contributed by atoms with Crippen LogP contribution in [0.5, 0.6) is 5.75 Å². The molecule has 0 fully saturated rings. The Morgan fingerprint density at radius 3 is 2.75 bits per heavy atom. The number of thioether (sulfide) groups is 1. The van der Waals surface area contributed by atoms with Crippen LogP contribution in [-0.4, -0.2) is 35.9 Å². The predicted molar refractivity (Wildman–Crippen MR) is 98.0 cm³/mol. The van der Waals surface area contributed by atoms with Crippen molar-refractivity contribution >= 4 is 41.6 Å². The van der Waals surface area contributed by atoms with Gasteiger partial charge in [-0.05, 0) is 37.8 Å². The summed E-state index contributed by atoms with van der Waals surface area (Å²) in [5.74, 6) is 0.593. The molecular weight excluding hydrogens is 350 g/mol. The molecule has 2 rings (SSSR count). The fraction of sp³-hybridized carbons (Fsp3) is 0.312. The molecule has 1 N–H and O–H groups in total. The number of anilines is 2. The van der Waals surface area contributed by atoms with Gasteiger partial charge in [0.1, 0.15) is 17.1 Å². The van der Waals surface area contributed by atoms with Gasteiger partial charge in [-0.2, -0.15) is 0 Å². The lowest BCUT2D eigenvalue weighted by molar-refractivity contribution is 0.0526. The minimum Gasteiger partial charge on any atom is -0.495 e. The number of esters is 1. The Bertz CT molecular complexity index is 713. The van der Waals surface area contributed by atoms with Gasteiger partial charge in [0.05, 0.1) is 19.4 Å². The number of hydrogen-bond donors (Lipinski definition) is 1. The molecule has 1 aromatic heterocycles. The van der Waals surface area contributed by atoms with Gasteiger partial charge < -0.3 is 14.8 Å². The number of nitrogens with zero attached hydrogens (tertiary/aromatic N) is 2. The van der Waals surface area contributed by atoms with Gasteiger partial charge in [-0.15, -0.1) is 12.4 Å². The fourth-order valence-electron chi connectivity index (χ4n) is 1.96. The Hall–Kier alpha value is -1.99. The number of carbonyl (C=O) groups excluding carboxylic acids is 1. The normalized spacial score (nSPS) is 9.83. The molecule has 0 aliphatic rings. The van der Waals surface area contributed by atoms with Crippen molar-refractivity contribution in [2.75, 3.05) is 25.3 Å². The number of nitrogens with one attached hydrogen (secondary N) is 1. The van der Waals surface area contributed by atoms with Gasteiger partial charge in [-0.1, -0.05) is 17.8 Å². The van der Waals surface area contributed by atoms with E-state index in [-0.39, 0.29) is 24.6 Å². The first-order valence-electron chi connectivity index (χ1n) is 7.08. The van der Waals surface area contributed by atoms with Crippen molar-refractivity contribution in [3.63, 3.8) is 0 Å². The zero-order valence-corrected chi connectivity index (χ0v) is 15.6. The number of methoxy groups -OCH3 is 1. The molecule has 0 saturated carbocycles. The lowest BCUT2D eigenvalue weighted by Gasteiger charge is -2.14. The van der Waals surface area contributed by atoms with Crippen molar-refractivity contribution in [3.05, 3.63) is 35.5 Å². The molecule has 0 saturated heterocycles. The van der Waals surface area contributed by atoms with Crippen LogP contribution in [0, 0.1) is 6.92 Å². The number of benzene rings is 1. The van der Waals surface area contributed by atoms with E-state index < -0.39 is 5.97 Å². The lowest BCUT2D eigenvalue weighted by Crippen LogP contribution is -2.11. The standard InChI is InChI=1S/C16H19N3O3S.ClH/c1-5-22-15(20)11-9-17-16(23-4)19-14(11)18-12-8-10(2)6-7-13(12)21-3;/h6-9H,5H2,1-4H3,(H,17,18,19);1H. The summed E-state index contributed by atoms with van der Waals surface area (Å²) in [6.45, 7) is 4.02. The van der Waals surface area contributed by atoms with Gasteiger partial charge in [-0.25, -0.2) is 14.8 Å². The minimum atomic E-state index is -0.464. The maximum atomic E-state index is 12.1. The van der Waals surface area contributed by atoms with Crippen molar-refractivity contribution in [2.24, 2.45) is 0 Å². The zero-order valence-electron chi connectivity index (χ0n) is 14.0. The van der Waals surface area contributed by atoms with Gasteiger partial charge in [0.2, 0.25) is 0 Å². The lowest BCUT2D eigenvalue weighted by atomic mass is 10.2. The quantitative estimate of drug-likeness (QED) is 0.470. The van der Waals surface area contributed by atoms with Crippen molar-refractivity contribution in [2.45, 2.75) is 19.0 Å². The van der Waals surface area contributed by atoms with E-state index in [4.69, 9.17) is 9.47 Å². The van der Waals surface area contributed by atoms with Crippen molar-refractivity contribution < 1.29 is 14.3 Å². The van der Waals surface area contributed by atoms with E-state index in [2.05, 4.69) is 15.3 Å². The summed E-state index contributed by atoms with van der Waals surface area (Å²) >= 11 is 1.39. The molecule has 2 aromatic rings. The second-order valence-electron chi connectivity index (χ2n) is 4.67. The number of hydrogen-bond acceptors (Lipinski definition) is 7. The number of ether oxygens (including phenoxy) is 2. The maximum absolute atomic E-state index is 12.1. The van der Waals surface area contributed by atoms with Gasteiger partial charge in [0.25, 0.3) is 0 Å². The second kappa shape index (κ2) is 9.34. The summed E-state index contributed by atoms with van der Waals surface area (Å²) in [6.07, 6.45) is 3.35. The van der Waals surface area contributed by atoms with E-state index >= 15 is 0 Å². The highest BCUT2D eigenvalue weighted by molar-refractivity contribution is 7.98. The third-order valence-electron chi connectivity index (χ3n) is 3.05. The van der Waals surface area contributed by atoms with E-state index in [0.29, 0.717) is 16.7 Å². The van der Waals surface area contributed by atoms with Crippen LogP contribution >= 0.6 is 24.2 Å². The molecule has 0 spiro atoms. The highest BCUT2D eigenvalue weighted by atomic mass is 35.5.